The molecule has 0 aliphatic heterocycles. The van der Waals surface area contributed by atoms with Gasteiger partial charge in [-0.15, -0.1) is 11.3 Å². The first-order chi connectivity index (χ1) is 11.6. The van der Waals surface area contributed by atoms with Gasteiger partial charge in [0.15, 0.2) is 4.34 Å². The molecule has 3 rings (SSSR count). The van der Waals surface area contributed by atoms with Crippen LogP contribution in [0, 0.1) is 6.92 Å². The van der Waals surface area contributed by atoms with E-state index in [1.54, 1.807) is 23.1 Å². The van der Waals surface area contributed by atoms with E-state index >= 15 is 0 Å². The van der Waals surface area contributed by atoms with Crippen molar-refractivity contribution in [2.75, 3.05) is 5.32 Å². The first-order valence-corrected chi connectivity index (χ1v) is 9.83. The predicted octanol–water partition coefficient (Wildman–Crippen LogP) is 5.64. The molecule has 1 amide bonds. The third kappa shape index (κ3) is 4.36. The second-order valence-corrected chi connectivity index (χ2v) is 7.99. The third-order valence-corrected chi connectivity index (χ3v) is 5.84. The molecule has 0 unspecified atom stereocenters. The number of thiazole rings is 1. The Bertz CT molecular complexity index is 840. The van der Waals surface area contributed by atoms with E-state index in [1.165, 1.54) is 11.1 Å². The number of hydrogen-bond acceptors (Lipinski definition) is 4. The molecule has 0 radical (unpaired) electrons. The van der Waals surface area contributed by atoms with Gasteiger partial charge in [0.05, 0.1) is 10.2 Å². The Hall–Kier alpha value is -1.85. The van der Waals surface area contributed by atoms with Crippen molar-refractivity contribution in [3.8, 4) is 0 Å². The second-order valence-electron chi connectivity index (χ2n) is 5.73. The molecule has 1 N–H and O–H groups in total. The fourth-order valence-corrected chi connectivity index (χ4v) is 4.39. The van der Waals surface area contributed by atoms with Crippen molar-refractivity contribution in [2.24, 2.45) is 0 Å². The molecule has 0 atom stereocenters. The minimum Gasteiger partial charge on any atom is -0.326 e. The molecular formula is C19H20N2OS2. The number of anilines is 1. The number of carbonyl (C=O) groups excluding carboxylic acids is 1. The highest BCUT2D eigenvalue weighted by molar-refractivity contribution is 8.00. The summed E-state index contributed by atoms with van der Waals surface area (Å²) in [7, 11) is 0. The van der Waals surface area contributed by atoms with Crippen LogP contribution >= 0.6 is 23.1 Å². The molecule has 0 saturated carbocycles. The van der Waals surface area contributed by atoms with E-state index in [1.807, 2.05) is 25.1 Å². The largest absolute Gasteiger partial charge is 0.326 e. The molecule has 1 aromatic heterocycles. The molecule has 2 aromatic carbocycles. The van der Waals surface area contributed by atoms with Crippen molar-refractivity contribution < 1.29 is 4.79 Å². The number of nitrogens with one attached hydrogen (secondary N) is 1. The van der Waals surface area contributed by atoms with Crippen LogP contribution in [0.3, 0.4) is 0 Å². The number of benzene rings is 2. The monoisotopic (exact) mass is 356 g/mol. The van der Waals surface area contributed by atoms with Crippen LogP contribution in [0.15, 0.2) is 46.8 Å². The molecular weight excluding hydrogens is 336 g/mol. The summed E-state index contributed by atoms with van der Waals surface area (Å²) in [6.45, 7) is 4.10. The summed E-state index contributed by atoms with van der Waals surface area (Å²) >= 11 is 3.43. The number of amides is 1. The lowest BCUT2D eigenvalue weighted by Gasteiger charge is -2.03. The SMILES string of the molecule is CCCC(=O)Nc1ccc2nc(SCc3ccc(C)cc3)sc2c1. The van der Waals surface area contributed by atoms with E-state index in [4.69, 9.17) is 0 Å². The van der Waals surface area contributed by atoms with Gasteiger partial charge in [-0.3, -0.25) is 4.79 Å². The maximum Gasteiger partial charge on any atom is 0.224 e. The van der Waals surface area contributed by atoms with Crippen molar-refractivity contribution in [2.45, 2.75) is 36.8 Å². The maximum atomic E-state index is 11.7. The molecule has 0 spiro atoms. The Balaban J connectivity index is 1.69. The molecule has 124 valence electrons. The lowest BCUT2D eigenvalue weighted by molar-refractivity contribution is -0.116. The number of aryl methyl sites for hydroxylation is 1. The zero-order valence-electron chi connectivity index (χ0n) is 13.8. The highest BCUT2D eigenvalue weighted by Crippen LogP contribution is 2.33. The van der Waals surface area contributed by atoms with Gasteiger partial charge in [0.1, 0.15) is 0 Å². The minimum atomic E-state index is 0.0651. The Kier molecular flexibility index (Phi) is 5.53. The van der Waals surface area contributed by atoms with Crippen LogP contribution in [0.1, 0.15) is 30.9 Å². The van der Waals surface area contributed by atoms with Gasteiger partial charge in [-0.05, 0) is 37.1 Å². The average molecular weight is 357 g/mol. The second kappa shape index (κ2) is 7.81. The van der Waals surface area contributed by atoms with Crippen LogP contribution in [0.5, 0.6) is 0 Å². The van der Waals surface area contributed by atoms with Crippen LogP contribution in [0.2, 0.25) is 0 Å². The molecule has 3 nitrogen and oxygen atoms in total. The fraction of sp³-hybridized carbons (Fsp3) is 0.263. The zero-order valence-corrected chi connectivity index (χ0v) is 15.5. The highest BCUT2D eigenvalue weighted by atomic mass is 32.2. The van der Waals surface area contributed by atoms with E-state index in [2.05, 4.69) is 41.5 Å². The quantitative estimate of drug-likeness (QED) is 0.582. The van der Waals surface area contributed by atoms with Crippen molar-refractivity contribution >= 4 is 44.9 Å². The Labute approximate surface area is 150 Å². The molecule has 3 aromatic rings. The Morgan fingerprint density at radius 3 is 2.75 bits per heavy atom. The number of carbonyl (C=O) groups is 1. The predicted molar refractivity (Wildman–Crippen MR) is 104 cm³/mol. The van der Waals surface area contributed by atoms with Crippen LogP contribution in [-0.2, 0) is 10.5 Å². The van der Waals surface area contributed by atoms with Crippen LogP contribution in [-0.4, -0.2) is 10.9 Å². The number of hydrogen-bond donors (Lipinski definition) is 1. The Morgan fingerprint density at radius 1 is 1.21 bits per heavy atom. The van der Waals surface area contributed by atoms with Gasteiger partial charge >= 0.3 is 0 Å². The summed E-state index contributed by atoms with van der Waals surface area (Å²) < 4.78 is 2.17. The molecule has 1 heterocycles. The van der Waals surface area contributed by atoms with Crippen molar-refractivity contribution in [3.63, 3.8) is 0 Å². The van der Waals surface area contributed by atoms with Gasteiger partial charge < -0.3 is 5.32 Å². The first kappa shape index (κ1) is 17.0. The number of rotatable bonds is 6. The smallest absolute Gasteiger partial charge is 0.224 e. The summed E-state index contributed by atoms with van der Waals surface area (Å²) in [5, 5.41) is 2.94. The zero-order chi connectivity index (χ0) is 16.9. The number of thioether (sulfide) groups is 1. The lowest BCUT2D eigenvalue weighted by Crippen LogP contribution is -2.10. The summed E-state index contributed by atoms with van der Waals surface area (Å²) in [6, 6.07) is 14.5. The van der Waals surface area contributed by atoms with E-state index in [0.717, 1.165) is 32.4 Å². The van der Waals surface area contributed by atoms with E-state index in [-0.39, 0.29) is 5.91 Å². The topological polar surface area (TPSA) is 42.0 Å². The van der Waals surface area contributed by atoms with E-state index in [9.17, 15) is 4.79 Å². The highest BCUT2D eigenvalue weighted by Gasteiger charge is 2.07. The van der Waals surface area contributed by atoms with Crippen LogP contribution < -0.4 is 5.32 Å². The Morgan fingerprint density at radius 2 is 2.00 bits per heavy atom. The summed E-state index contributed by atoms with van der Waals surface area (Å²) in [5.41, 5.74) is 4.42. The summed E-state index contributed by atoms with van der Waals surface area (Å²) in [6.07, 6.45) is 1.41. The number of nitrogens with zero attached hydrogens (tertiary/aromatic N) is 1. The molecule has 0 aliphatic rings. The van der Waals surface area contributed by atoms with Gasteiger partial charge in [-0.1, -0.05) is 48.5 Å². The number of aromatic nitrogens is 1. The summed E-state index contributed by atoms with van der Waals surface area (Å²) in [5.74, 6) is 0.982. The molecule has 0 saturated heterocycles. The van der Waals surface area contributed by atoms with Gasteiger partial charge in [0.2, 0.25) is 5.91 Å². The van der Waals surface area contributed by atoms with Crippen LogP contribution in [0.4, 0.5) is 5.69 Å². The van der Waals surface area contributed by atoms with Crippen molar-refractivity contribution in [1.29, 1.82) is 0 Å². The minimum absolute atomic E-state index is 0.0651. The standard InChI is InChI=1S/C19H20N2OS2/c1-3-4-18(22)20-15-9-10-16-17(11-15)24-19(21-16)23-12-14-7-5-13(2)6-8-14/h5-11H,3-4,12H2,1-2H3,(H,20,22). The molecule has 0 fully saturated rings. The lowest BCUT2D eigenvalue weighted by atomic mass is 10.2. The molecule has 5 heteroatoms. The van der Waals surface area contributed by atoms with E-state index in [0.29, 0.717) is 6.42 Å². The average Bonchev–Trinajstić information content (AvgIpc) is 2.96. The normalized spacial score (nSPS) is 10.9. The summed E-state index contributed by atoms with van der Waals surface area (Å²) in [4.78, 5) is 16.4. The molecule has 0 bridgehead atoms. The van der Waals surface area contributed by atoms with Crippen molar-refractivity contribution in [3.05, 3.63) is 53.6 Å². The maximum absolute atomic E-state index is 11.7. The van der Waals surface area contributed by atoms with E-state index < -0.39 is 0 Å². The fourth-order valence-electron chi connectivity index (χ4n) is 2.32. The van der Waals surface area contributed by atoms with Crippen LogP contribution in [0.25, 0.3) is 10.2 Å². The first-order valence-electron chi connectivity index (χ1n) is 8.03. The molecule has 24 heavy (non-hydrogen) atoms. The van der Waals surface area contributed by atoms with Gasteiger partial charge in [-0.2, -0.15) is 0 Å². The van der Waals surface area contributed by atoms with Gasteiger partial charge in [0.25, 0.3) is 0 Å². The van der Waals surface area contributed by atoms with Gasteiger partial charge in [-0.25, -0.2) is 4.98 Å². The van der Waals surface area contributed by atoms with Gasteiger partial charge in [0, 0.05) is 17.9 Å². The third-order valence-electron chi connectivity index (χ3n) is 3.61. The molecule has 0 aliphatic carbocycles. The number of fused-ring (bicyclic) bond motifs is 1. The van der Waals surface area contributed by atoms with Crippen molar-refractivity contribution in [1.82, 2.24) is 4.98 Å².